The second-order valence-electron chi connectivity index (χ2n) is 10.1. The maximum atomic E-state index is 16.1. The molecule has 0 saturated carbocycles. The third-order valence-corrected chi connectivity index (χ3v) is 7.86. The molecule has 4 nitrogen and oxygen atoms in total. The Morgan fingerprint density at radius 1 is 0.575 bits per heavy atom. The molecule has 6 heteroatoms. The van der Waals surface area contributed by atoms with E-state index in [1.54, 1.807) is 4.90 Å². The minimum absolute atomic E-state index is 0.0306. The van der Waals surface area contributed by atoms with Gasteiger partial charge in [-0.1, -0.05) is 72.8 Å². The molecule has 0 N–H and O–H groups in total. The van der Waals surface area contributed by atoms with Crippen molar-refractivity contribution in [1.82, 2.24) is 4.98 Å². The number of anilines is 6. The molecule has 0 radical (unpaired) electrons. The molecule has 7 rings (SSSR count). The van der Waals surface area contributed by atoms with Gasteiger partial charge in [-0.2, -0.15) is 19.0 Å². The van der Waals surface area contributed by atoms with Crippen LogP contribution in [0.4, 0.5) is 43.0 Å². The van der Waals surface area contributed by atoms with E-state index in [1.165, 1.54) is 0 Å². The average Bonchev–Trinajstić information content (AvgIpc) is 3.26. The van der Waals surface area contributed by atoms with E-state index in [0.29, 0.717) is 0 Å². The SMILES string of the molecule is N#Cc1c(N2c3ccccc3CCc3ccccc32)nc(F)c(F)c1N1c2ccccc2CCc2ccccc21. The number of aryl methyl sites for hydroxylation is 4. The van der Waals surface area contributed by atoms with E-state index < -0.39 is 11.8 Å². The summed E-state index contributed by atoms with van der Waals surface area (Å²) < 4.78 is 31.8. The number of para-hydroxylation sites is 4. The van der Waals surface area contributed by atoms with Crippen LogP contribution in [0, 0.1) is 23.1 Å². The standard InChI is InChI=1S/C34H24F2N4/c35-31-32(39-27-13-5-1-9-22(27)17-18-23-10-2-6-14-28(23)39)26(21-37)34(38-33(31)36)40-29-15-7-3-11-24(29)19-20-25-12-4-8-16-30(25)40/h1-16H,17-20H2. The van der Waals surface area contributed by atoms with Gasteiger partial charge >= 0.3 is 0 Å². The number of hydrogen-bond donors (Lipinski definition) is 0. The Morgan fingerprint density at radius 3 is 1.35 bits per heavy atom. The predicted molar refractivity (Wildman–Crippen MR) is 153 cm³/mol. The van der Waals surface area contributed by atoms with Gasteiger partial charge in [0.15, 0.2) is 5.82 Å². The molecule has 0 bridgehead atoms. The minimum Gasteiger partial charge on any atom is -0.306 e. The molecule has 2 aliphatic heterocycles. The number of nitrogens with zero attached hydrogens (tertiary/aromatic N) is 4. The topological polar surface area (TPSA) is 43.2 Å². The highest BCUT2D eigenvalue weighted by Gasteiger charge is 2.34. The maximum absolute atomic E-state index is 16.1. The van der Waals surface area contributed by atoms with Gasteiger partial charge in [0, 0.05) is 11.4 Å². The van der Waals surface area contributed by atoms with Crippen molar-refractivity contribution < 1.29 is 8.78 Å². The van der Waals surface area contributed by atoms with Crippen molar-refractivity contribution >= 4 is 34.3 Å². The molecule has 40 heavy (non-hydrogen) atoms. The van der Waals surface area contributed by atoms with Crippen LogP contribution in [0.2, 0.25) is 0 Å². The smallest absolute Gasteiger partial charge is 0.253 e. The lowest BCUT2D eigenvalue weighted by atomic mass is 10.0. The molecule has 4 aromatic carbocycles. The van der Waals surface area contributed by atoms with Crippen molar-refractivity contribution in [2.45, 2.75) is 25.7 Å². The highest BCUT2D eigenvalue weighted by Crippen LogP contribution is 2.49. The zero-order chi connectivity index (χ0) is 27.2. The molecule has 0 spiro atoms. The molecular formula is C34H24F2N4. The molecule has 0 aliphatic carbocycles. The molecule has 0 fully saturated rings. The summed E-state index contributed by atoms with van der Waals surface area (Å²) >= 11 is 0. The van der Waals surface area contributed by atoms with Crippen molar-refractivity contribution in [2.24, 2.45) is 0 Å². The highest BCUT2D eigenvalue weighted by molar-refractivity contribution is 5.90. The third-order valence-electron chi connectivity index (χ3n) is 7.86. The van der Waals surface area contributed by atoms with Gasteiger partial charge < -0.3 is 4.90 Å². The second kappa shape index (κ2) is 9.62. The number of pyridine rings is 1. The summed E-state index contributed by atoms with van der Waals surface area (Å²) in [5, 5.41) is 10.7. The zero-order valence-corrected chi connectivity index (χ0v) is 21.6. The first-order valence-electron chi connectivity index (χ1n) is 13.4. The highest BCUT2D eigenvalue weighted by atomic mass is 19.2. The molecular weight excluding hydrogens is 502 g/mol. The van der Waals surface area contributed by atoms with Crippen LogP contribution in [0.1, 0.15) is 27.8 Å². The van der Waals surface area contributed by atoms with E-state index in [0.717, 1.165) is 70.7 Å². The van der Waals surface area contributed by atoms with Crippen LogP contribution in [0.5, 0.6) is 0 Å². The molecule has 0 saturated heterocycles. The summed E-state index contributed by atoms with van der Waals surface area (Å²) in [5.41, 5.74) is 6.94. The van der Waals surface area contributed by atoms with Crippen LogP contribution in [-0.2, 0) is 25.7 Å². The molecule has 3 heterocycles. The van der Waals surface area contributed by atoms with Gasteiger partial charge in [0.2, 0.25) is 5.82 Å². The Kier molecular flexibility index (Phi) is 5.78. The Morgan fingerprint density at radius 2 is 0.950 bits per heavy atom. The summed E-state index contributed by atoms with van der Waals surface area (Å²) in [6.07, 6.45) is 3.02. The lowest BCUT2D eigenvalue weighted by molar-refractivity contribution is 0.481. The van der Waals surface area contributed by atoms with Crippen molar-refractivity contribution in [2.75, 3.05) is 9.80 Å². The lowest BCUT2D eigenvalue weighted by Crippen LogP contribution is -2.21. The molecule has 1 aromatic heterocycles. The molecule has 0 atom stereocenters. The van der Waals surface area contributed by atoms with Gasteiger partial charge in [0.1, 0.15) is 17.3 Å². The number of benzene rings is 4. The van der Waals surface area contributed by atoms with E-state index in [4.69, 9.17) is 0 Å². The maximum Gasteiger partial charge on any atom is 0.253 e. The zero-order valence-electron chi connectivity index (χ0n) is 21.6. The van der Waals surface area contributed by atoms with E-state index in [9.17, 15) is 5.26 Å². The Bertz CT molecular complexity index is 1730. The molecule has 0 unspecified atom stereocenters. The summed E-state index contributed by atoms with van der Waals surface area (Å²) in [7, 11) is 0. The Balaban J connectivity index is 1.57. The normalized spacial score (nSPS) is 13.7. The van der Waals surface area contributed by atoms with Crippen molar-refractivity contribution in [1.29, 1.82) is 5.26 Å². The number of halogens is 2. The summed E-state index contributed by atoms with van der Waals surface area (Å²) in [6, 6.07) is 33.4. The minimum atomic E-state index is -1.25. The number of rotatable bonds is 2. The quantitative estimate of drug-likeness (QED) is 0.217. The van der Waals surface area contributed by atoms with Gasteiger partial charge in [0.25, 0.3) is 5.95 Å². The van der Waals surface area contributed by atoms with Crippen LogP contribution in [0.25, 0.3) is 0 Å². The summed E-state index contributed by atoms with van der Waals surface area (Å²) in [4.78, 5) is 7.65. The fourth-order valence-electron chi connectivity index (χ4n) is 6.01. The second-order valence-corrected chi connectivity index (χ2v) is 10.1. The number of hydrogen-bond acceptors (Lipinski definition) is 4. The first-order chi connectivity index (χ1) is 19.7. The Labute approximate surface area is 231 Å². The van der Waals surface area contributed by atoms with Crippen LogP contribution in [0.3, 0.4) is 0 Å². The van der Waals surface area contributed by atoms with Crippen molar-refractivity contribution in [3.05, 3.63) is 137 Å². The fraction of sp³-hybridized carbons (Fsp3) is 0.118. The number of aromatic nitrogens is 1. The molecule has 0 amide bonds. The number of nitriles is 1. The van der Waals surface area contributed by atoms with Gasteiger partial charge in [-0.3, -0.25) is 4.90 Å². The van der Waals surface area contributed by atoms with E-state index in [2.05, 4.69) is 11.1 Å². The molecule has 5 aromatic rings. The van der Waals surface area contributed by atoms with Crippen LogP contribution in [0.15, 0.2) is 97.1 Å². The van der Waals surface area contributed by atoms with Crippen LogP contribution >= 0.6 is 0 Å². The molecule has 2 aliphatic rings. The lowest BCUT2D eigenvalue weighted by Gasteiger charge is -2.31. The van der Waals surface area contributed by atoms with Crippen LogP contribution < -0.4 is 9.80 Å². The monoisotopic (exact) mass is 526 g/mol. The summed E-state index contributed by atoms with van der Waals surface area (Å²) in [6.45, 7) is 0. The van der Waals surface area contributed by atoms with Crippen LogP contribution in [-0.4, -0.2) is 4.98 Å². The van der Waals surface area contributed by atoms with E-state index in [-0.39, 0.29) is 17.1 Å². The van der Waals surface area contributed by atoms with Gasteiger partial charge in [-0.25, -0.2) is 0 Å². The van der Waals surface area contributed by atoms with Crippen molar-refractivity contribution in [3.63, 3.8) is 0 Å². The van der Waals surface area contributed by atoms with Crippen molar-refractivity contribution in [3.8, 4) is 6.07 Å². The summed E-state index contributed by atoms with van der Waals surface area (Å²) in [5.74, 6) is -2.33. The third kappa shape index (κ3) is 3.74. The average molecular weight is 527 g/mol. The largest absolute Gasteiger partial charge is 0.306 e. The predicted octanol–water partition coefficient (Wildman–Crippen LogP) is 8.37. The van der Waals surface area contributed by atoms with E-state index in [1.807, 2.05) is 102 Å². The van der Waals surface area contributed by atoms with E-state index >= 15 is 8.78 Å². The fourth-order valence-corrected chi connectivity index (χ4v) is 6.01. The first kappa shape index (κ1) is 24.1. The Hall–Kier alpha value is -5.02. The van der Waals surface area contributed by atoms with Gasteiger partial charge in [-0.15, -0.1) is 0 Å². The first-order valence-corrected chi connectivity index (χ1v) is 13.4. The number of fused-ring (bicyclic) bond motifs is 4. The van der Waals surface area contributed by atoms with Gasteiger partial charge in [0.05, 0.1) is 11.4 Å². The van der Waals surface area contributed by atoms with Gasteiger partial charge in [-0.05, 0) is 72.2 Å². The molecule has 194 valence electrons.